The monoisotopic (exact) mass is 346 g/mol. The molecule has 2 N–H and O–H groups in total. The van der Waals surface area contributed by atoms with Gasteiger partial charge in [-0.2, -0.15) is 13.2 Å². The highest BCUT2D eigenvalue weighted by Gasteiger charge is 2.28. The van der Waals surface area contributed by atoms with Crippen LogP contribution in [0.2, 0.25) is 0 Å². The number of halogens is 3. The number of carbonyl (C=O) groups is 1. The molecule has 0 radical (unpaired) electrons. The van der Waals surface area contributed by atoms with Gasteiger partial charge in [-0.1, -0.05) is 12.1 Å². The van der Waals surface area contributed by atoms with Crippen molar-refractivity contribution in [3.63, 3.8) is 0 Å². The Morgan fingerprint density at radius 2 is 1.88 bits per heavy atom. The van der Waals surface area contributed by atoms with Gasteiger partial charge in [0.15, 0.2) is 6.61 Å². The lowest BCUT2D eigenvalue weighted by Crippen LogP contribution is -2.35. The molecule has 134 valence electrons. The van der Waals surface area contributed by atoms with Crippen LogP contribution in [0.5, 0.6) is 5.75 Å². The molecule has 0 saturated carbocycles. The second-order valence-electron chi connectivity index (χ2n) is 5.58. The summed E-state index contributed by atoms with van der Waals surface area (Å²) in [5.74, 6) is -0.0810. The smallest absolute Gasteiger partial charge is 0.422 e. The molecule has 8 heteroatoms. The molecule has 0 aromatic heterocycles. The van der Waals surface area contributed by atoms with Crippen LogP contribution in [0, 0.1) is 0 Å². The summed E-state index contributed by atoms with van der Waals surface area (Å²) in [6.07, 6.45) is -2.46. The molecular formula is C16H21F3N2O3. The summed E-state index contributed by atoms with van der Waals surface area (Å²) in [5, 5.41) is 5.93. The summed E-state index contributed by atoms with van der Waals surface area (Å²) in [7, 11) is 0. The average molecular weight is 346 g/mol. The molecule has 5 nitrogen and oxygen atoms in total. The SMILES string of the molecule is O=C(COC1CCNCC1)NCc1ccc(OCC(F)(F)F)cc1. The fraction of sp³-hybridized carbons (Fsp3) is 0.562. The predicted octanol–water partition coefficient (Wildman–Crippen LogP) is 2.01. The maximum atomic E-state index is 12.0. The Labute approximate surface area is 138 Å². The zero-order chi connectivity index (χ0) is 17.4. The summed E-state index contributed by atoms with van der Waals surface area (Å²) in [6.45, 7) is 0.770. The van der Waals surface area contributed by atoms with E-state index in [1.54, 1.807) is 12.1 Å². The van der Waals surface area contributed by atoms with Crippen LogP contribution in [0.15, 0.2) is 24.3 Å². The molecule has 1 aromatic carbocycles. The predicted molar refractivity (Wildman–Crippen MR) is 81.7 cm³/mol. The van der Waals surface area contributed by atoms with E-state index in [4.69, 9.17) is 4.74 Å². The summed E-state index contributed by atoms with van der Waals surface area (Å²) < 4.78 is 46.3. The Bertz CT molecular complexity index is 514. The van der Waals surface area contributed by atoms with Crippen molar-refractivity contribution in [3.05, 3.63) is 29.8 Å². The zero-order valence-corrected chi connectivity index (χ0v) is 13.2. The van der Waals surface area contributed by atoms with Gasteiger partial charge in [-0.05, 0) is 43.6 Å². The highest BCUT2D eigenvalue weighted by molar-refractivity contribution is 5.77. The number of carbonyl (C=O) groups excluding carboxylic acids is 1. The Balaban J connectivity index is 1.66. The molecule has 2 rings (SSSR count). The number of piperidine rings is 1. The molecule has 1 aromatic rings. The van der Waals surface area contributed by atoms with E-state index in [0.717, 1.165) is 31.5 Å². The quantitative estimate of drug-likeness (QED) is 0.793. The van der Waals surface area contributed by atoms with Gasteiger partial charge in [-0.25, -0.2) is 0 Å². The maximum absolute atomic E-state index is 12.0. The van der Waals surface area contributed by atoms with E-state index in [9.17, 15) is 18.0 Å². The summed E-state index contributed by atoms with van der Waals surface area (Å²) in [4.78, 5) is 11.7. The highest BCUT2D eigenvalue weighted by Crippen LogP contribution is 2.18. The van der Waals surface area contributed by atoms with Crippen molar-refractivity contribution >= 4 is 5.91 Å². The van der Waals surface area contributed by atoms with Crippen LogP contribution in [0.1, 0.15) is 18.4 Å². The summed E-state index contributed by atoms with van der Waals surface area (Å²) in [6, 6.07) is 6.11. The fourth-order valence-corrected chi connectivity index (χ4v) is 2.28. The first-order valence-corrected chi connectivity index (χ1v) is 7.80. The number of rotatable bonds is 7. The largest absolute Gasteiger partial charge is 0.484 e. The zero-order valence-electron chi connectivity index (χ0n) is 13.2. The molecule has 0 spiro atoms. The molecular weight excluding hydrogens is 325 g/mol. The van der Waals surface area contributed by atoms with Crippen LogP contribution >= 0.6 is 0 Å². The van der Waals surface area contributed by atoms with Crippen molar-refractivity contribution < 1.29 is 27.4 Å². The van der Waals surface area contributed by atoms with Crippen LogP contribution in [0.25, 0.3) is 0 Å². The Morgan fingerprint density at radius 1 is 1.21 bits per heavy atom. The molecule has 1 saturated heterocycles. The van der Waals surface area contributed by atoms with Gasteiger partial charge in [-0.3, -0.25) is 4.79 Å². The molecule has 0 aliphatic carbocycles. The topological polar surface area (TPSA) is 59.6 Å². The third-order valence-electron chi connectivity index (χ3n) is 3.55. The van der Waals surface area contributed by atoms with Gasteiger partial charge in [0.2, 0.25) is 5.91 Å². The second-order valence-corrected chi connectivity index (χ2v) is 5.58. The number of alkyl halides is 3. The lowest BCUT2D eigenvalue weighted by Gasteiger charge is -2.22. The molecule has 1 amide bonds. The molecule has 0 atom stereocenters. The van der Waals surface area contributed by atoms with Crippen LogP contribution in [0.3, 0.4) is 0 Å². The number of hydrogen-bond donors (Lipinski definition) is 2. The minimum absolute atomic E-state index is 0.0114. The molecule has 1 heterocycles. The molecule has 1 aliphatic rings. The molecule has 1 aliphatic heterocycles. The van der Waals surface area contributed by atoms with E-state index in [-0.39, 0.29) is 30.9 Å². The fourth-order valence-electron chi connectivity index (χ4n) is 2.28. The van der Waals surface area contributed by atoms with E-state index in [2.05, 4.69) is 15.4 Å². The van der Waals surface area contributed by atoms with Crippen molar-refractivity contribution in [1.29, 1.82) is 0 Å². The van der Waals surface area contributed by atoms with Crippen molar-refractivity contribution in [1.82, 2.24) is 10.6 Å². The van der Waals surface area contributed by atoms with E-state index in [0.29, 0.717) is 0 Å². The number of ether oxygens (including phenoxy) is 2. The van der Waals surface area contributed by atoms with Gasteiger partial charge in [0, 0.05) is 6.54 Å². The van der Waals surface area contributed by atoms with Gasteiger partial charge < -0.3 is 20.1 Å². The van der Waals surface area contributed by atoms with Crippen LogP contribution in [0.4, 0.5) is 13.2 Å². The van der Waals surface area contributed by atoms with E-state index >= 15 is 0 Å². The lowest BCUT2D eigenvalue weighted by atomic mass is 10.1. The molecule has 24 heavy (non-hydrogen) atoms. The molecule has 0 bridgehead atoms. The highest BCUT2D eigenvalue weighted by atomic mass is 19.4. The maximum Gasteiger partial charge on any atom is 0.422 e. The number of amides is 1. The average Bonchev–Trinajstić information content (AvgIpc) is 2.57. The van der Waals surface area contributed by atoms with Crippen molar-refractivity contribution in [2.24, 2.45) is 0 Å². The summed E-state index contributed by atoms with van der Waals surface area (Å²) >= 11 is 0. The van der Waals surface area contributed by atoms with Crippen molar-refractivity contribution in [2.75, 3.05) is 26.3 Å². The first-order chi connectivity index (χ1) is 11.4. The normalized spacial score (nSPS) is 16.0. The summed E-state index contributed by atoms with van der Waals surface area (Å²) in [5.41, 5.74) is 0.768. The Morgan fingerprint density at radius 3 is 2.50 bits per heavy atom. The third-order valence-corrected chi connectivity index (χ3v) is 3.55. The van der Waals surface area contributed by atoms with Gasteiger partial charge in [0.25, 0.3) is 0 Å². The van der Waals surface area contributed by atoms with Crippen LogP contribution < -0.4 is 15.4 Å². The first-order valence-electron chi connectivity index (χ1n) is 7.80. The van der Waals surface area contributed by atoms with E-state index < -0.39 is 12.8 Å². The van der Waals surface area contributed by atoms with Crippen molar-refractivity contribution in [3.8, 4) is 5.75 Å². The van der Waals surface area contributed by atoms with Gasteiger partial charge >= 0.3 is 6.18 Å². The number of benzene rings is 1. The van der Waals surface area contributed by atoms with Crippen molar-refractivity contribution in [2.45, 2.75) is 31.7 Å². The van der Waals surface area contributed by atoms with Crippen LogP contribution in [-0.2, 0) is 16.1 Å². The number of nitrogens with one attached hydrogen (secondary N) is 2. The number of hydrogen-bond acceptors (Lipinski definition) is 4. The Kier molecular flexibility index (Phi) is 6.86. The van der Waals surface area contributed by atoms with Gasteiger partial charge in [0.1, 0.15) is 12.4 Å². The third kappa shape index (κ3) is 7.18. The first kappa shape index (κ1) is 18.5. The Hall–Kier alpha value is -1.80. The van der Waals surface area contributed by atoms with E-state index in [1.165, 1.54) is 12.1 Å². The standard InChI is InChI=1S/C16H21F3N2O3/c17-16(18,19)11-24-13-3-1-12(2-4-13)9-21-15(22)10-23-14-5-7-20-8-6-14/h1-4,14,20H,5-11H2,(H,21,22). The van der Waals surface area contributed by atoms with Gasteiger partial charge in [0.05, 0.1) is 6.10 Å². The second kappa shape index (κ2) is 8.89. The minimum Gasteiger partial charge on any atom is -0.484 e. The molecule has 0 unspecified atom stereocenters. The lowest BCUT2D eigenvalue weighted by molar-refractivity contribution is -0.153. The van der Waals surface area contributed by atoms with E-state index in [1.807, 2.05) is 0 Å². The molecule has 1 fully saturated rings. The van der Waals surface area contributed by atoms with Gasteiger partial charge in [-0.15, -0.1) is 0 Å². The minimum atomic E-state index is -4.36. The van der Waals surface area contributed by atoms with Crippen LogP contribution in [-0.4, -0.2) is 44.5 Å².